The van der Waals surface area contributed by atoms with Crippen molar-refractivity contribution in [2.24, 2.45) is 0 Å². The minimum absolute atomic E-state index is 0.0798. The topological polar surface area (TPSA) is 120 Å². The van der Waals surface area contributed by atoms with Gasteiger partial charge in [0.25, 0.3) is 15.9 Å². The van der Waals surface area contributed by atoms with Crippen molar-refractivity contribution in [3.8, 4) is 11.5 Å². The van der Waals surface area contributed by atoms with Crippen LogP contribution in [0.15, 0.2) is 39.9 Å². The van der Waals surface area contributed by atoms with Crippen molar-refractivity contribution in [1.29, 1.82) is 0 Å². The predicted molar refractivity (Wildman–Crippen MR) is 103 cm³/mol. The zero-order chi connectivity index (χ0) is 20.7. The van der Waals surface area contributed by atoms with Crippen LogP contribution in [0.4, 0.5) is 5.69 Å². The first-order valence-electron chi connectivity index (χ1n) is 8.02. The number of benzene rings is 1. The quantitative estimate of drug-likeness (QED) is 0.582. The summed E-state index contributed by atoms with van der Waals surface area (Å²) >= 11 is 1.02. The average Bonchev–Trinajstić information content (AvgIpc) is 3.22. The number of carbonyl (C=O) groups excluding carboxylic acids is 2. The van der Waals surface area contributed by atoms with Crippen molar-refractivity contribution in [2.75, 3.05) is 26.1 Å². The van der Waals surface area contributed by atoms with Crippen molar-refractivity contribution >= 4 is 38.9 Å². The van der Waals surface area contributed by atoms with E-state index in [9.17, 15) is 18.0 Å². The third kappa shape index (κ3) is 5.68. The number of carbonyl (C=O) groups is 2. The molecular weight excluding hydrogens is 408 g/mol. The number of sulfonamides is 1. The molecule has 11 heteroatoms. The van der Waals surface area contributed by atoms with E-state index in [0.717, 1.165) is 11.3 Å². The Hall–Kier alpha value is -2.63. The number of methoxy groups -OCH3 is 2. The van der Waals surface area contributed by atoms with Crippen LogP contribution >= 0.6 is 11.3 Å². The molecule has 0 saturated carbocycles. The number of hydrogen-bond acceptors (Lipinski definition) is 8. The van der Waals surface area contributed by atoms with E-state index in [1.807, 2.05) is 0 Å². The fraction of sp³-hybridized carbons (Fsp3) is 0.294. The summed E-state index contributed by atoms with van der Waals surface area (Å²) in [6, 6.07) is 7.83. The van der Waals surface area contributed by atoms with Crippen LogP contribution in [-0.2, 0) is 24.3 Å². The van der Waals surface area contributed by atoms with E-state index in [1.165, 1.54) is 27.2 Å². The monoisotopic (exact) mass is 428 g/mol. The Morgan fingerprint density at radius 3 is 2.54 bits per heavy atom. The highest BCUT2D eigenvalue weighted by Crippen LogP contribution is 2.29. The first kappa shape index (κ1) is 21.7. The second kappa shape index (κ2) is 9.53. The van der Waals surface area contributed by atoms with Gasteiger partial charge in [-0.1, -0.05) is 6.07 Å². The van der Waals surface area contributed by atoms with Gasteiger partial charge in [0.1, 0.15) is 22.3 Å². The first-order chi connectivity index (χ1) is 13.3. The number of rotatable bonds is 9. The number of ether oxygens (including phenoxy) is 3. The van der Waals surface area contributed by atoms with Gasteiger partial charge >= 0.3 is 5.97 Å². The van der Waals surface area contributed by atoms with Gasteiger partial charge in [-0.25, -0.2) is 8.42 Å². The number of anilines is 1. The zero-order valence-electron chi connectivity index (χ0n) is 15.4. The average molecular weight is 428 g/mol. The maximum absolute atomic E-state index is 12.3. The first-order valence-corrected chi connectivity index (χ1v) is 10.4. The molecule has 0 aliphatic rings. The molecule has 28 heavy (non-hydrogen) atoms. The summed E-state index contributed by atoms with van der Waals surface area (Å²) < 4.78 is 41.4. The lowest BCUT2D eigenvalue weighted by Crippen LogP contribution is -2.35. The summed E-state index contributed by atoms with van der Waals surface area (Å²) in [4.78, 5) is 24.2. The smallest absolute Gasteiger partial charge is 0.321 e. The van der Waals surface area contributed by atoms with Gasteiger partial charge < -0.3 is 19.5 Å². The Morgan fingerprint density at radius 1 is 1.18 bits per heavy atom. The molecule has 2 N–H and O–H groups in total. The molecule has 2 aromatic rings. The van der Waals surface area contributed by atoms with Crippen LogP contribution in [0, 0.1) is 0 Å². The van der Waals surface area contributed by atoms with Crippen molar-refractivity contribution < 1.29 is 32.2 Å². The standard InChI is InChI=1S/C17H20N2O7S2/c1-11(17(21)19-13-9-12(24-2)6-7-14(13)25-3)26-15(20)10-18-28(22,23)16-5-4-8-27-16/h4-9,11,18H,10H2,1-3H3,(H,19,21). The Kier molecular flexibility index (Phi) is 7.38. The highest BCUT2D eigenvalue weighted by atomic mass is 32.2. The minimum atomic E-state index is -3.80. The van der Waals surface area contributed by atoms with Crippen molar-refractivity contribution in [2.45, 2.75) is 17.2 Å². The molecule has 9 nitrogen and oxygen atoms in total. The third-order valence-corrected chi connectivity index (χ3v) is 6.31. The van der Waals surface area contributed by atoms with Crippen molar-refractivity contribution in [3.05, 3.63) is 35.7 Å². The highest BCUT2D eigenvalue weighted by Gasteiger charge is 2.22. The van der Waals surface area contributed by atoms with E-state index in [0.29, 0.717) is 17.2 Å². The van der Waals surface area contributed by atoms with Crippen LogP contribution in [-0.4, -0.2) is 47.2 Å². The van der Waals surface area contributed by atoms with Crippen LogP contribution in [0.5, 0.6) is 11.5 Å². The Balaban J connectivity index is 1.92. The van der Waals surface area contributed by atoms with Crippen LogP contribution < -0.4 is 19.5 Å². The fourth-order valence-corrected chi connectivity index (χ4v) is 4.09. The van der Waals surface area contributed by atoms with Crippen LogP contribution in [0.2, 0.25) is 0 Å². The van der Waals surface area contributed by atoms with Gasteiger partial charge in [-0.05, 0) is 30.5 Å². The van der Waals surface area contributed by atoms with Gasteiger partial charge in [0.2, 0.25) is 0 Å². The SMILES string of the molecule is COc1ccc(OC)c(NC(=O)C(C)OC(=O)CNS(=O)(=O)c2cccs2)c1. The van der Waals surface area contributed by atoms with Gasteiger partial charge in [-0.3, -0.25) is 9.59 Å². The molecule has 0 saturated heterocycles. The summed E-state index contributed by atoms with van der Waals surface area (Å²) in [6.07, 6.45) is -1.16. The molecule has 1 aromatic carbocycles. The molecule has 1 amide bonds. The molecule has 0 radical (unpaired) electrons. The maximum atomic E-state index is 12.3. The van der Waals surface area contributed by atoms with Crippen molar-refractivity contribution in [3.63, 3.8) is 0 Å². The minimum Gasteiger partial charge on any atom is -0.497 e. The number of hydrogen-bond donors (Lipinski definition) is 2. The molecule has 1 heterocycles. The third-order valence-electron chi connectivity index (χ3n) is 3.51. The molecule has 0 bridgehead atoms. The van der Waals surface area contributed by atoms with Crippen LogP contribution in [0.1, 0.15) is 6.92 Å². The maximum Gasteiger partial charge on any atom is 0.321 e. The molecule has 2 rings (SSSR count). The zero-order valence-corrected chi connectivity index (χ0v) is 17.1. The number of thiophene rings is 1. The van der Waals surface area contributed by atoms with Gasteiger partial charge in [0, 0.05) is 6.07 Å². The Bertz CT molecular complexity index is 927. The second-order valence-corrected chi connectivity index (χ2v) is 8.39. The normalized spacial score (nSPS) is 12.1. The Morgan fingerprint density at radius 2 is 1.93 bits per heavy atom. The molecule has 152 valence electrons. The lowest BCUT2D eigenvalue weighted by atomic mass is 10.2. The molecule has 1 unspecified atom stereocenters. The summed E-state index contributed by atoms with van der Waals surface area (Å²) in [5.74, 6) is -0.596. The van der Waals surface area contributed by atoms with Crippen LogP contribution in [0.3, 0.4) is 0 Å². The Labute approximate surface area is 166 Å². The number of esters is 1. The highest BCUT2D eigenvalue weighted by molar-refractivity contribution is 7.91. The van der Waals surface area contributed by atoms with E-state index < -0.39 is 34.5 Å². The summed E-state index contributed by atoms with van der Waals surface area (Å²) in [6.45, 7) is 0.772. The van der Waals surface area contributed by atoms with E-state index in [4.69, 9.17) is 14.2 Å². The predicted octanol–water partition coefficient (Wildman–Crippen LogP) is 1.61. The largest absolute Gasteiger partial charge is 0.497 e. The number of nitrogens with one attached hydrogen (secondary N) is 2. The van der Waals surface area contributed by atoms with E-state index in [-0.39, 0.29) is 4.21 Å². The summed E-state index contributed by atoms with van der Waals surface area (Å²) in [5, 5.41) is 4.18. The molecule has 0 aliphatic carbocycles. The number of amides is 1. The molecule has 0 fully saturated rings. The molecule has 0 spiro atoms. The van der Waals surface area contributed by atoms with Crippen molar-refractivity contribution in [1.82, 2.24) is 4.72 Å². The lowest BCUT2D eigenvalue weighted by molar-refractivity contribution is -0.151. The van der Waals surface area contributed by atoms with E-state index >= 15 is 0 Å². The van der Waals surface area contributed by atoms with Gasteiger partial charge in [0.05, 0.1) is 19.9 Å². The van der Waals surface area contributed by atoms with Gasteiger partial charge in [0.15, 0.2) is 6.10 Å². The van der Waals surface area contributed by atoms with E-state index in [1.54, 1.807) is 29.6 Å². The lowest BCUT2D eigenvalue weighted by Gasteiger charge is -2.16. The molecule has 1 aromatic heterocycles. The van der Waals surface area contributed by atoms with E-state index in [2.05, 4.69) is 10.0 Å². The second-order valence-electron chi connectivity index (χ2n) is 5.44. The molecule has 0 aliphatic heterocycles. The van der Waals surface area contributed by atoms with Crippen LogP contribution in [0.25, 0.3) is 0 Å². The molecule has 1 atom stereocenters. The van der Waals surface area contributed by atoms with Gasteiger partial charge in [-0.2, -0.15) is 4.72 Å². The summed E-state index contributed by atoms with van der Waals surface area (Å²) in [5.41, 5.74) is 0.341. The fourth-order valence-electron chi connectivity index (χ4n) is 2.08. The summed E-state index contributed by atoms with van der Waals surface area (Å²) in [7, 11) is -0.870. The molecular formula is C17H20N2O7S2. The van der Waals surface area contributed by atoms with Gasteiger partial charge in [-0.15, -0.1) is 11.3 Å².